The molecule has 2 aromatic rings. The van der Waals surface area contributed by atoms with Crippen molar-refractivity contribution < 1.29 is 4.79 Å². The van der Waals surface area contributed by atoms with E-state index in [1.807, 2.05) is 11.0 Å². The lowest BCUT2D eigenvalue weighted by molar-refractivity contribution is 0.0664. The molecular formula is C21H28N4O. The summed E-state index contributed by atoms with van der Waals surface area (Å²) in [4.78, 5) is 21.2. The minimum atomic E-state index is 0.0756. The van der Waals surface area contributed by atoms with Crippen molar-refractivity contribution in [3.8, 4) is 0 Å². The lowest BCUT2D eigenvalue weighted by Crippen LogP contribution is -2.47. The van der Waals surface area contributed by atoms with E-state index in [2.05, 4.69) is 67.3 Å². The van der Waals surface area contributed by atoms with Crippen molar-refractivity contribution in [3.05, 3.63) is 53.7 Å². The summed E-state index contributed by atoms with van der Waals surface area (Å²) in [6, 6.07) is 12.0. The van der Waals surface area contributed by atoms with E-state index in [-0.39, 0.29) is 11.3 Å². The number of carbonyl (C=O) groups is 1. The normalized spacial score (nSPS) is 15.8. The van der Waals surface area contributed by atoms with Crippen LogP contribution in [-0.4, -0.2) is 53.9 Å². The van der Waals surface area contributed by atoms with Crippen LogP contribution in [0.3, 0.4) is 0 Å². The van der Waals surface area contributed by atoms with E-state index in [9.17, 15) is 4.79 Å². The highest BCUT2D eigenvalue weighted by Crippen LogP contribution is 2.24. The summed E-state index contributed by atoms with van der Waals surface area (Å²) in [5.41, 5.74) is 3.06. The van der Waals surface area contributed by atoms with Crippen LogP contribution in [0.2, 0.25) is 0 Å². The zero-order valence-corrected chi connectivity index (χ0v) is 16.1. The molecule has 0 spiro atoms. The Labute approximate surface area is 156 Å². The molecule has 0 bridgehead atoms. The van der Waals surface area contributed by atoms with Gasteiger partial charge in [-0.3, -0.25) is 4.79 Å². The number of pyridine rings is 1. The van der Waals surface area contributed by atoms with Crippen LogP contribution in [0.25, 0.3) is 0 Å². The fraction of sp³-hybridized carbons (Fsp3) is 0.429. The average Bonchev–Trinajstić information content (AvgIpc) is 2.62. The number of aromatic nitrogens is 1. The van der Waals surface area contributed by atoms with Crippen molar-refractivity contribution in [1.29, 1.82) is 0 Å². The summed E-state index contributed by atoms with van der Waals surface area (Å²) < 4.78 is 0. The third kappa shape index (κ3) is 4.41. The van der Waals surface area contributed by atoms with E-state index in [0.29, 0.717) is 11.4 Å². The molecule has 1 fully saturated rings. The number of nitrogens with one attached hydrogen (secondary N) is 1. The molecule has 5 heteroatoms. The fourth-order valence-corrected chi connectivity index (χ4v) is 3.03. The van der Waals surface area contributed by atoms with Gasteiger partial charge in [0, 0.05) is 43.6 Å². The molecule has 0 aliphatic carbocycles. The molecule has 1 saturated heterocycles. The molecule has 138 valence electrons. The van der Waals surface area contributed by atoms with Crippen molar-refractivity contribution >= 4 is 17.4 Å². The van der Waals surface area contributed by atoms with Crippen molar-refractivity contribution in [2.75, 3.05) is 38.5 Å². The molecule has 0 saturated carbocycles. The highest BCUT2D eigenvalue weighted by molar-refractivity contribution is 5.95. The fourth-order valence-electron chi connectivity index (χ4n) is 3.03. The molecule has 1 N–H and O–H groups in total. The van der Waals surface area contributed by atoms with Gasteiger partial charge in [-0.15, -0.1) is 0 Å². The zero-order valence-electron chi connectivity index (χ0n) is 16.1. The van der Waals surface area contributed by atoms with Gasteiger partial charge in [0.25, 0.3) is 5.91 Å². The van der Waals surface area contributed by atoms with Crippen LogP contribution in [0.4, 0.5) is 11.5 Å². The molecule has 1 aromatic carbocycles. The number of rotatable bonds is 3. The van der Waals surface area contributed by atoms with Gasteiger partial charge >= 0.3 is 0 Å². The van der Waals surface area contributed by atoms with Crippen LogP contribution in [0, 0.1) is 0 Å². The van der Waals surface area contributed by atoms with E-state index < -0.39 is 0 Å². The molecule has 2 heterocycles. The number of anilines is 2. The van der Waals surface area contributed by atoms with Gasteiger partial charge in [-0.1, -0.05) is 32.9 Å². The Hall–Kier alpha value is -2.40. The van der Waals surface area contributed by atoms with Gasteiger partial charge in [0.2, 0.25) is 0 Å². The number of likely N-dealkylation sites (N-methyl/N-ethyl adjacent to an activating group) is 1. The minimum Gasteiger partial charge on any atom is -0.340 e. The maximum Gasteiger partial charge on any atom is 0.254 e. The molecule has 1 aliphatic heterocycles. The zero-order chi connectivity index (χ0) is 18.7. The topological polar surface area (TPSA) is 48.5 Å². The first-order valence-electron chi connectivity index (χ1n) is 9.14. The Morgan fingerprint density at radius 3 is 2.31 bits per heavy atom. The Morgan fingerprint density at radius 2 is 1.69 bits per heavy atom. The predicted octanol–water partition coefficient (Wildman–Crippen LogP) is 3.51. The molecule has 0 radical (unpaired) electrons. The van der Waals surface area contributed by atoms with Gasteiger partial charge in [-0.05, 0) is 42.3 Å². The van der Waals surface area contributed by atoms with Gasteiger partial charge in [-0.2, -0.15) is 0 Å². The lowest BCUT2D eigenvalue weighted by atomic mass is 9.87. The molecule has 0 atom stereocenters. The molecule has 3 rings (SSSR count). The van der Waals surface area contributed by atoms with Gasteiger partial charge in [0.05, 0.1) is 0 Å². The Bertz CT molecular complexity index is 756. The maximum atomic E-state index is 12.7. The highest BCUT2D eigenvalue weighted by atomic mass is 16.2. The second-order valence-corrected chi connectivity index (χ2v) is 7.98. The first-order valence-corrected chi connectivity index (χ1v) is 9.14. The van der Waals surface area contributed by atoms with Crippen molar-refractivity contribution in [2.45, 2.75) is 26.2 Å². The highest BCUT2D eigenvalue weighted by Gasteiger charge is 2.20. The van der Waals surface area contributed by atoms with Crippen LogP contribution in [0.1, 0.15) is 36.7 Å². The number of nitrogens with zero attached hydrogens (tertiary/aromatic N) is 3. The molecule has 0 unspecified atom stereocenters. The third-order valence-electron chi connectivity index (χ3n) is 4.82. The van der Waals surface area contributed by atoms with Crippen LogP contribution in [0.5, 0.6) is 0 Å². The predicted molar refractivity (Wildman–Crippen MR) is 106 cm³/mol. The third-order valence-corrected chi connectivity index (χ3v) is 4.82. The van der Waals surface area contributed by atoms with E-state index in [4.69, 9.17) is 0 Å². The second-order valence-electron chi connectivity index (χ2n) is 7.98. The smallest absolute Gasteiger partial charge is 0.254 e. The number of hydrogen-bond acceptors (Lipinski definition) is 4. The Kier molecular flexibility index (Phi) is 5.28. The quantitative estimate of drug-likeness (QED) is 0.918. The van der Waals surface area contributed by atoms with Gasteiger partial charge in [0.1, 0.15) is 5.82 Å². The lowest BCUT2D eigenvalue weighted by Gasteiger charge is -2.32. The molecule has 1 amide bonds. The van der Waals surface area contributed by atoms with Gasteiger partial charge < -0.3 is 15.1 Å². The number of benzene rings is 1. The number of piperazine rings is 1. The van der Waals surface area contributed by atoms with Crippen LogP contribution < -0.4 is 5.32 Å². The first kappa shape index (κ1) is 18.4. The number of carbonyl (C=O) groups excluding carboxylic acids is 1. The molecule has 1 aromatic heterocycles. The first-order chi connectivity index (χ1) is 12.3. The van der Waals surface area contributed by atoms with E-state index in [1.165, 1.54) is 5.56 Å². The summed E-state index contributed by atoms with van der Waals surface area (Å²) >= 11 is 0. The second kappa shape index (κ2) is 7.46. The number of hydrogen-bond donors (Lipinski definition) is 1. The van der Waals surface area contributed by atoms with Gasteiger partial charge in [-0.25, -0.2) is 4.98 Å². The van der Waals surface area contributed by atoms with E-state index >= 15 is 0 Å². The summed E-state index contributed by atoms with van der Waals surface area (Å²) in [7, 11) is 2.08. The average molecular weight is 352 g/mol. The SMILES string of the molecule is CN1CCN(C(=O)c2ccnc(Nc3ccc(C(C)(C)C)cc3)c2)CC1. The monoisotopic (exact) mass is 352 g/mol. The van der Waals surface area contributed by atoms with Gasteiger partial charge in [0.15, 0.2) is 0 Å². The van der Waals surface area contributed by atoms with Crippen LogP contribution >= 0.6 is 0 Å². The van der Waals surface area contributed by atoms with E-state index in [1.54, 1.807) is 12.3 Å². The maximum absolute atomic E-state index is 12.7. The summed E-state index contributed by atoms with van der Waals surface area (Å²) in [5, 5.41) is 3.30. The van der Waals surface area contributed by atoms with Crippen LogP contribution in [-0.2, 0) is 5.41 Å². The van der Waals surface area contributed by atoms with Crippen molar-refractivity contribution in [1.82, 2.24) is 14.8 Å². The molecular weight excluding hydrogens is 324 g/mol. The van der Waals surface area contributed by atoms with Crippen LogP contribution in [0.15, 0.2) is 42.6 Å². The Morgan fingerprint density at radius 1 is 1.04 bits per heavy atom. The molecule has 5 nitrogen and oxygen atoms in total. The summed E-state index contributed by atoms with van der Waals surface area (Å²) in [6.45, 7) is 9.98. The van der Waals surface area contributed by atoms with Crippen molar-refractivity contribution in [3.63, 3.8) is 0 Å². The molecule has 26 heavy (non-hydrogen) atoms. The van der Waals surface area contributed by atoms with E-state index in [0.717, 1.165) is 31.9 Å². The standard InChI is InChI=1S/C21H28N4O/c1-21(2,3)17-5-7-18(8-6-17)23-19-15-16(9-10-22-19)20(26)25-13-11-24(4)12-14-25/h5-10,15H,11-14H2,1-4H3,(H,22,23). The summed E-state index contributed by atoms with van der Waals surface area (Å²) in [5.74, 6) is 0.764. The van der Waals surface area contributed by atoms with Crippen molar-refractivity contribution in [2.24, 2.45) is 0 Å². The Balaban J connectivity index is 1.70. The summed E-state index contributed by atoms with van der Waals surface area (Å²) in [6.07, 6.45) is 1.69. The number of amides is 1. The minimum absolute atomic E-state index is 0.0756. The largest absolute Gasteiger partial charge is 0.340 e. The molecule has 1 aliphatic rings.